The van der Waals surface area contributed by atoms with Crippen LogP contribution in [0.15, 0.2) is 49.3 Å². The first-order valence-corrected chi connectivity index (χ1v) is 33.8. The third-order valence-electron chi connectivity index (χ3n) is 16.1. The van der Waals surface area contributed by atoms with Gasteiger partial charge in [-0.2, -0.15) is 0 Å². The SMILES string of the molecule is NC(=O)[C@@H](CCCCNC(=O)CNC(=O)CCC(=O)NCCc1cnc[nH]1)NC(=O)[C@@H](CCC(=O)O)NC(=O)[C@@H](CCCCNC(=O)CNC(=O)CCC(=O)NCCc1cnc[nH]1)NC(=O)[C@@H](Cc1ccc(O)cc1)NC(=O)CN1CCN(CC(=O)O)CCN(CC(=O)O)CCN(CC(=O)O)CC1. The number of unbranched alkanes of at least 4 members (excludes halogenated alkanes) is 2. The summed E-state index contributed by atoms with van der Waals surface area (Å²) in [5.74, 6) is -12.9. The van der Waals surface area contributed by atoms with Crippen LogP contribution in [-0.2, 0) is 91.2 Å². The Kier molecular flexibility index (Phi) is 39.0. The number of benzene rings is 1. The number of carbonyl (C=O) groups is 15. The molecule has 4 atom stereocenters. The number of nitrogens with zero attached hydrogens (tertiary/aromatic N) is 6. The van der Waals surface area contributed by atoms with Crippen LogP contribution in [0.5, 0.6) is 5.75 Å². The molecule has 1 saturated heterocycles. The Balaban J connectivity index is 1.48. The molecule has 1 aliphatic rings. The first kappa shape index (κ1) is 84.7. The number of aromatic hydroxyl groups is 1. The topological polar surface area (TPSA) is 574 Å². The van der Waals surface area contributed by atoms with Gasteiger partial charge in [0, 0.05) is 154 Å². The molecule has 39 heteroatoms. The number of H-pyrrole nitrogens is 2. The molecule has 103 heavy (non-hydrogen) atoms. The molecule has 568 valence electrons. The number of carboxylic acids is 4. The fourth-order valence-corrected chi connectivity index (χ4v) is 10.4. The van der Waals surface area contributed by atoms with Crippen LogP contribution in [0, 0.1) is 0 Å². The number of hydrogen-bond donors (Lipinski definition) is 18. The first-order valence-electron chi connectivity index (χ1n) is 33.8. The van der Waals surface area contributed by atoms with Crippen molar-refractivity contribution >= 4 is 88.9 Å². The van der Waals surface area contributed by atoms with E-state index in [-0.39, 0.29) is 154 Å². The molecule has 0 aliphatic carbocycles. The Bertz CT molecular complexity index is 3220. The third-order valence-corrected chi connectivity index (χ3v) is 16.1. The van der Waals surface area contributed by atoms with Gasteiger partial charge in [-0.1, -0.05) is 12.1 Å². The molecule has 3 heterocycles. The van der Waals surface area contributed by atoms with E-state index in [1.807, 2.05) is 0 Å². The summed E-state index contributed by atoms with van der Waals surface area (Å²) < 4.78 is 0. The monoisotopic (exact) mass is 1450 g/mol. The molecular formula is C64H97N19O20. The van der Waals surface area contributed by atoms with Gasteiger partial charge in [-0.3, -0.25) is 91.5 Å². The highest BCUT2D eigenvalue weighted by Gasteiger charge is 2.33. The number of aromatic nitrogens is 4. The number of rotatable bonds is 47. The maximum Gasteiger partial charge on any atom is 0.317 e. The zero-order valence-corrected chi connectivity index (χ0v) is 57.4. The Morgan fingerprint density at radius 1 is 0.408 bits per heavy atom. The van der Waals surface area contributed by atoms with Gasteiger partial charge in [0.25, 0.3) is 0 Å². The Hall–Kier alpha value is -10.7. The lowest BCUT2D eigenvalue weighted by Crippen LogP contribution is -2.58. The molecule has 0 unspecified atom stereocenters. The number of phenols is 1. The molecule has 4 rings (SSSR count). The maximum atomic E-state index is 14.8. The first-order chi connectivity index (χ1) is 49.2. The summed E-state index contributed by atoms with van der Waals surface area (Å²) in [6, 6.07) is -0.602. The van der Waals surface area contributed by atoms with Crippen LogP contribution in [-0.4, -0.2) is 296 Å². The number of phenolic OH excluding ortho intramolecular Hbond substituents is 1. The van der Waals surface area contributed by atoms with Crippen LogP contribution in [0.2, 0.25) is 0 Å². The summed E-state index contributed by atoms with van der Waals surface area (Å²) in [6.45, 7) is -1.37. The third kappa shape index (κ3) is 38.1. The van der Waals surface area contributed by atoms with E-state index >= 15 is 0 Å². The number of imidazole rings is 2. The van der Waals surface area contributed by atoms with Crippen molar-refractivity contribution in [3.8, 4) is 5.75 Å². The molecule has 0 radical (unpaired) electrons. The fraction of sp³-hybridized carbons (Fsp3) is 0.578. The van der Waals surface area contributed by atoms with E-state index < -0.39 is 153 Å². The van der Waals surface area contributed by atoms with E-state index in [9.17, 15) is 97.5 Å². The molecule has 11 amide bonds. The van der Waals surface area contributed by atoms with Crippen molar-refractivity contribution in [3.63, 3.8) is 0 Å². The minimum atomic E-state index is -1.69. The van der Waals surface area contributed by atoms with Crippen molar-refractivity contribution in [3.05, 3.63) is 66.3 Å². The average molecular weight is 1450 g/mol. The smallest absolute Gasteiger partial charge is 0.317 e. The molecule has 19 N–H and O–H groups in total. The van der Waals surface area contributed by atoms with E-state index in [1.54, 1.807) is 32.0 Å². The summed E-state index contributed by atoms with van der Waals surface area (Å²) >= 11 is 0. The van der Waals surface area contributed by atoms with Gasteiger partial charge in [-0.05, 0) is 62.6 Å². The lowest BCUT2D eigenvalue weighted by Gasteiger charge is -2.33. The fourth-order valence-electron chi connectivity index (χ4n) is 10.4. The van der Waals surface area contributed by atoms with Gasteiger partial charge in [0.1, 0.15) is 29.9 Å². The summed E-state index contributed by atoms with van der Waals surface area (Å²) in [7, 11) is 0. The van der Waals surface area contributed by atoms with Gasteiger partial charge in [0.05, 0.1) is 51.9 Å². The van der Waals surface area contributed by atoms with Crippen molar-refractivity contribution in [2.75, 3.05) is 118 Å². The van der Waals surface area contributed by atoms with Crippen molar-refractivity contribution in [1.29, 1.82) is 0 Å². The number of nitrogens with two attached hydrogens (primary N) is 1. The van der Waals surface area contributed by atoms with Crippen molar-refractivity contribution < 1.29 is 97.5 Å². The molecule has 3 aromatic rings. The summed E-state index contributed by atoms with van der Waals surface area (Å²) in [6.07, 6.45) is 5.37. The Morgan fingerprint density at radius 2 is 0.777 bits per heavy atom. The van der Waals surface area contributed by atoms with Gasteiger partial charge in [-0.15, -0.1) is 0 Å². The highest BCUT2D eigenvalue weighted by atomic mass is 16.4. The number of aromatic amines is 2. The van der Waals surface area contributed by atoms with Crippen molar-refractivity contribution in [2.45, 2.75) is 120 Å². The van der Waals surface area contributed by atoms with Gasteiger partial charge in [-0.25, -0.2) is 9.97 Å². The minimum absolute atomic E-state index is 0.0302. The van der Waals surface area contributed by atoms with Gasteiger partial charge in [0.2, 0.25) is 65.0 Å². The molecule has 1 fully saturated rings. The lowest BCUT2D eigenvalue weighted by molar-refractivity contribution is -0.140. The van der Waals surface area contributed by atoms with Crippen molar-refractivity contribution in [2.24, 2.45) is 5.73 Å². The predicted octanol–water partition coefficient (Wildman–Crippen LogP) is -5.77. The van der Waals surface area contributed by atoms with E-state index in [2.05, 4.69) is 73.1 Å². The largest absolute Gasteiger partial charge is 0.508 e. The molecule has 0 spiro atoms. The Labute approximate surface area is 593 Å². The van der Waals surface area contributed by atoms with Crippen LogP contribution < -0.4 is 58.9 Å². The van der Waals surface area contributed by atoms with E-state index in [4.69, 9.17) is 5.73 Å². The van der Waals surface area contributed by atoms with Crippen LogP contribution in [0.4, 0.5) is 0 Å². The number of primary amides is 1. The highest BCUT2D eigenvalue weighted by Crippen LogP contribution is 2.14. The van der Waals surface area contributed by atoms with Gasteiger partial charge < -0.3 is 94.4 Å². The Morgan fingerprint density at radius 3 is 1.17 bits per heavy atom. The molecule has 2 aromatic heterocycles. The van der Waals surface area contributed by atoms with E-state index in [0.717, 1.165) is 11.4 Å². The van der Waals surface area contributed by atoms with Crippen LogP contribution in [0.25, 0.3) is 0 Å². The molecule has 1 aliphatic heterocycles. The zero-order chi connectivity index (χ0) is 75.5. The van der Waals surface area contributed by atoms with Crippen LogP contribution >= 0.6 is 0 Å². The highest BCUT2D eigenvalue weighted by molar-refractivity contribution is 5.96. The standard InChI is InChI=1S/C64H97N19O20/c65-61(100)46(5-1-3-19-68-54(89)34-72-52(87)14-12-50(85)70-21-17-43-32-66-40-74-43)77-63(102)48(11-16-57(92)93)79-62(101)47(6-2-4-20-69-55(90)35-73-53(88)15-13-51(86)71-22-18-44-33-67-41-75-44)78-64(103)49(31-42-7-9-45(84)10-8-42)76-56(91)36-80-23-25-81(37-58(94)95)27-29-83(39-60(98)99)30-28-82(26-24-80)38-59(96)97/h7-10,32-33,40-41,46-49,84H,1-6,11-31,34-39H2,(H2,65,100)(H,66,74)(H,67,75)(H,68,89)(H,69,90)(H,70,85)(H,71,86)(H,72,87)(H,73,88)(H,76,91)(H,77,102)(H,78,103)(H,79,101)(H,92,93)(H,94,95)(H,96,97)(H,98,99)/t46-,47-,48-,49-/m1/s1. The molecule has 0 saturated carbocycles. The quantitative estimate of drug-likeness (QED) is 0.0234. The van der Waals surface area contributed by atoms with Gasteiger partial charge >= 0.3 is 23.9 Å². The second-order valence-electron chi connectivity index (χ2n) is 24.4. The number of aliphatic carboxylic acids is 4. The van der Waals surface area contributed by atoms with Crippen LogP contribution in [0.3, 0.4) is 0 Å². The minimum Gasteiger partial charge on any atom is -0.508 e. The predicted molar refractivity (Wildman–Crippen MR) is 363 cm³/mol. The number of hydrogen-bond acceptors (Lipinski definition) is 22. The van der Waals surface area contributed by atoms with E-state index in [0.29, 0.717) is 31.5 Å². The molecule has 0 bridgehead atoms. The number of amides is 11. The van der Waals surface area contributed by atoms with Gasteiger partial charge in [0.15, 0.2) is 0 Å². The molecule has 39 nitrogen and oxygen atoms in total. The van der Waals surface area contributed by atoms with Crippen molar-refractivity contribution in [1.82, 2.24) is 92.7 Å². The normalized spacial score (nSPS) is 14.4. The summed E-state index contributed by atoms with van der Waals surface area (Å²) in [4.78, 5) is 213. The van der Waals surface area contributed by atoms with E-state index in [1.165, 1.54) is 36.9 Å². The molecular weight excluding hydrogens is 1350 g/mol. The number of nitrogens with one attached hydrogen (secondary N) is 12. The second kappa shape index (κ2) is 47.4. The summed E-state index contributed by atoms with van der Waals surface area (Å²) in [5.41, 5.74) is 7.72. The molecule has 1 aromatic carbocycles. The lowest BCUT2D eigenvalue weighted by atomic mass is 10.0. The zero-order valence-electron chi connectivity index (χ0n) is 57.4. The average Bonchev–Trinajstić information content (AvgIpc) is 1.87. The summed E-state index contributed by atoms with van der Waals surface area (Å²) in [5, 5.41) is 74.7. The van der Waals surface area contributed by atoms with Crippen LogP contribution in [0.1, 0.15) is 94.0 Å². The number of carboxylic acid groups (broad SMARTS) is 4. The second-order valence-corrected chi connectivity index (χ2v) is 24.4. The maximum absolute atomic E-state index is 14.8. The number of carbonyl (C=O) groups excluding carboxylic acids is 11.